The lowest BCUT2D eigenvalue weighted by Gasteiger charge is -2.26. The molecule has 11 rings (SSSR count). The molecule has 0 aliphatic carbocycles. The molecule has 5 saturated heterocycles. The number of aryl methyl sites for hydroxylation is 6. The number of amides is 8. The highest BCUT2D eigenvalue weighted by molar-refractivity contribution is 6.19. The first kappa shape index (κ1) is 128. The molecule has 0 radical (unpaired) electrons. The number of aliphatic imine (C=N–C) groups is 1. The van der Waals surface area contributed by atoms with Gasteiger partial charge in [0, 0.05) is 160 Å². The van der Waals surface area contributed by atoms with Gasteiger partial charge in [-0.1, -0.05) is 42.8 Å². The van der Waals surface area contributed by atoms with Gasteiger partial charge in [-0.3, -0.25) is 19.6 Å². The molecule has 5 heterocycles. The van der Waals surface area contributed by atoms with E-state index in [9.17, 15) is 63.6 Å². The van der Waals surface area contributed by atoms with Crippen molar-refractivity contribution in [2.75, 3.05) is 226 Å². The number of aromatic hydroxyl groups is 4. The highest BCUT2D eigenvalue weighted by Crippen LogP contribution is 2.35. The molecule has 0 spiro atoms. The van der Waals surface area contributed by atoms with Gasteiger partial charge in [-0.25, -0.2) is 48.1 Å². The number of ether oxygens (including phenoxy) is 12. The number of phenolic OH excluding ortho intramolecular Hbond substituents is 4. The molecular formula is C96H137Cl9N14O25. The number of unbranched alkanes of at least 4 members (excludes halogenated alkanes) is 3. The van der Waals surface area contributed by atoms with E-state index in [0.717, 1.165) is 144 Å². The quantitative estimate of drug-likeness (QED) is 0.00555. The van der Waals surface area contributed by atoms with Gasteiger partial charge in [0.25, 0.3) is 0 Å². The Morgan fingerprint density at radius 2 is 0.562 bits per heavy atom. The highest BCUT2D eigenvalue weighted by atomic mass is 35.5. The number of benzene rings is 6. The number of carbonyl (C=O) groups is 8. The molecule has 0 atom stereocenters. The van der Waals surface area contributed by atoms with Crippen LogP contribution in [0.15, 0.2) is 114 Å². The van der Waals surface area contributed by atoms with E-state index in [0.29, 0.717) is 137 Å². The third-order valence-electron chi connectivity index (χ3n) is 21.3. The van der Waals surface area contributed by atoms with Crippen molar-refractivity contribution in [2.45, 2.75) is 103 Å². The van der Waals surface area contributed by atoms with Crippen molar-refractivity contribution in [3.63, 3.8) is 0 Å². The summed E-state index contributed by atoms with van der Waals surface area (Å²) in [5, 5.41) is 61.6. The molecule has 0 unspecified atom stereocenters. The Kier molecular flexibility index (Phi) is 70.1. The molecular weight excluding hydrogens is 2070 g/mol. The molecule has 39 nitrogen and oxygen atoms in total. The number of carbonyl (C=O) groups excluding carboxylic acids is 9. The summed E-state index contributed by atoms with van der Waals surface area (Å²) in [7, 11) is 0. The molecule has 0 saturated carbocycles. The van der Waals surface area contributed by atoms with E-state index >= 15 is 0 Å². The average molecular weight is 2210 g/mol. The van der Waals surface area contributed by atoms with Crippen molar-refractivity contribution < 1.29 is 120 Å². The zero-order valence-electron chi connectivity index (χ0n) is 80.6. The molecule has 0 bridgehead atoms. The first-order chi connectivity index (χ1) is 68.1. The summed E-state index contributed by atoms with van der Waals surface area (Å²) >= 11 is 27.5. The van der Waals surface area contributed by atoms with E-state index in [-0.39, 0.29) is 168 Å². The summed E-state index contributed by atoms with van der Waals surface area (Å²) in [5.74, 6) is 1.59. The maximum atomic E-state index is 12.9. The van der Waals surface area contributed by atoms with Gasteiger partial charge in [0.15, 0.2) is 69.0 Å². The molecule has 13 N–H and O–H groups in total. The van der Waals surface area contributed by atoms with Crippen LogP contribution in [0.2, 0.25) is 0 Å². The van der Waals surface area contributed by atoms with Gasteiger partial charge in [0.05, 0.1) is 52.9 Å². The van der Waals surface area contributed by atoms with Crippen LogP contribution in [0.4, 0.5) is 38.4 Å². The summed E-state index contributed by atoms with van der Waals surface area (Å²) in [6.07, 6.45) is 9.96. The third kappa shape index (κ3) is 55.7. The fraction of sp³-hybridized carbons (Fsp3) is 0.531. The Balaban J connectivity index is 0.000000570. The predicted octanol–water partition coefficient (Wildman–Crippen LogP) is 13.9. The SMILES string of the molecule is C1CCNCC1.Cl.Cl.Cl.Cl.O=C(NCCCl)Oc1ccc(CCCCc2ccc(OC(=O)NCCCl)c(OC(=O)NCCCl)c2)cc1OC(=O)NCCCl.O=C(NCCN1CCOCC1)Oc1ccc(CCCCc2ccc(OC(=O)NCCN3CCCOC3)c(OC(=O)NCCN3CCOCC3)c2)cc1OC(=O)NCCN1CCOCC1.O=C=NCCCl.Oc1ccc(CCCCc2ccc(O)c(O)c2)cc1O. The predicted molar refractivity (Wildman–Crippen MR) is 559 cm³/mol. The molecule has 5 aliphatic heterocycles. The molecule has 6 aromatic carbocycles. The average Bonchev–Trinajstić information content (AvgIpc) is 0.859. The van der Waals surface area contributed by atoms with Crippen molar-refractivity contribution in [3.05, 3.63) is 143 Å². The Labute approximate surface area is 890 Å². The number of alkyl halides is 5. The smallest absolute Gasteiger partial charge is 0.412 e. The number of morpholine rings is 3. The minimum atomic E-state index is -0.743. The van der Waals surface area contributed by atoms with Gasteiger partial charge in [0.1, 0.15) is 0 Å². The summed E-state index contributed by atoms with van der Waals surface area (Å²) in [6.45, 7) is 18.8. The lowest BCUT2D eigenvalue weighted by molar-refractivity contribution is -0.0123. The largest absolute Gasteiger partial charge is 0.504 e. The summed E-state index contributed by atoms with van der Waals surface area (Å²) in [5.41, 5.74) is 5.41. The first-order valence-corrected chi connectivity index (χ1v) is 49.7. The Hall–Kier alpha value is -9.69. The summed E-state index contributed by atoms with van der Waals surface area (Å²) in [6, 6.07) is 30.0. The van der Waals surface area contributed by atoms with Crippen molar-refractivity contribution in [1.82, 2.24) is 67.5 Å². The summed E-state index contributed by atoms with van der Waals surface area (Å²) < 4.78 is 65.6. The van der Waals surface area contributed by atoms with Crippen molar-refractivity contribution in [3.8, 4) is 69.0 Å². The van der Waals surface area contributed by atoms with Gasteiger partial charge in [-0.15, -0.1) is 108 Å². The van der Waals surface area contributed by atoms with Gasteiger partial charge in [-0.2, -0.15) is 0 Å². The zero-order chi connectivity index (χ0) is 100. The zero-order valence-corrected chi connectivity index (χ0v) is 87.6. The molecule has 6 aromatic rings. The minimum absolute atomic E-state index is 0. The van der Waals surface area contributed by atoms with Crippen LogP contribution >= 0.6 is 108 Å². The first-order valence-electron chi connectivity index (χ1n) is 47.1. The van der Waals surface area contributed by atoms with Crippen molar-refractivity contribution in [2.24, 2.45) is 4.99 Å². The highest BCUT2D eigenvalue weighted by Gasteiger charge is 2.24. The van der Waals surface area contributed by atoms with Crippen LogP contribution < -0.4 is 85.7 Å². The minimum Gasteiger partial charge on any atom is -0.504 e. The second-order valence-electron chi connectivity index (χ2n) is 32.0. The van der Waals surface area contributed by atoms with Crippen LogP contribution in [0.1, 0.15) is 97.6 Å². The van der Waals surface area contributed by atoms with Gasteiger partial charge in [-0.05, 0) is 216 Å². The number of hydrogen-bond acceptors (Lipinski definition) is 31. The van der Waals surface area contributed by atoms with Crippen LogP contribution in [0.5, 0.6) is 69.0 Å². The lowest BCUT2D eigenvalue weighted by atomic mass is 10.0. The van der Waals surface area contributed by atoms with E-state index in [1.807, 2.05) is 12.1 Å². The molecule has 8 amide bonds. The van der Waals surface area contributed by atoms with E-state index in [1.165, 1.54) is 50.6 Å². The van der Waals surface area contributed by atoms with Crippen LogP contribution in [-0.2, 0) is 62.3 Å². The second kappa shape index (κ2) is 78.6. The van der Waals surface area contributed by atoms with Crippen LogP contribution in [0.25, 0.3) is 0 Å². The second-order valence-corrected chi connectivity index (χ2v) is 33.9. The van der Waals surface area contributed by atoms with Crippen LogP contribution in [-0.4, -0.2) is 321 Å². The monoisotopic (exact) mass is 2200 g/mol. The molecule has 144 heavy (non-hydrogen) atoms. The maximum Gasteiger partial charge on any atom is 0.412 e. The van der Waals surface area contributed by atoms with Gasteiger partial charge >= 0.3 is 48.7 Å². The summed E-state index contributed by atoms with van der Waals surface area (Å²) in [4.78, 5) is 121. The van der Waals surface area contributed by atoms with Crippen molar-refractivity contribution >= 4 is 162 Å². The van der Waals surface area contributed by atoms with Crippen molar-refractivity contribution in [1.29, 1.82) is 0 Å². The van der Waals surface area contributed by atoms with Gasteiger partial charge in [0.2, 0.25) is 6.08 Å². The standard InChI is InChI=1S/C44H66N8O12.C28H34Cl4N4O8.C16H18O4.C5H11N.C3H4ClNO.4ClH/c53-41(45-10-15-49-19-26-57-27-20-49)61-37-8-6-35(32-39(37)63-43(55)46-11-16-50-21-28-58-29-22-50)4-1-2-5-36-7-9-38(62-42(54)48-13-18-52-14-3-25-60-34-52)40(33-36)64-44(56)47-12-17-51-23-30-59-31-24-51;29-9-13-33-25(37)41-21-7-5-19(17-23(21)43-27(39)35-15-11-31)3-1-2-4-20-6-8-22(42-26(38)34-14-10-30)24(18-20)44-28(40)36-16-12-32;17-13-7-5-11(9-15(13)19)3-1-2-4-12-6-8-14(18)16(20)10-12;1-2-4-6-5-3-1;4-1-2-5-3-6;;;;/h6-9,32-33H,1-5,10-31,34H2,(H,45,53)(H,46,55)(H,47,56)(H,48,54);5-8,17-18H,1-4,9-16H2,(H,33,37)(H,34,38)(H,35,39)(H,36,40);5-10,17-20H,1-4H2;6H,1-5H2;1-2H2;4*1H. The number of nitrogens with zero attached hydrogens (tertiary/aromatic N) is 5. The maximum absolute atomic E-state index is 12.9. The molecule has 48 heteroatoms. The molecule has 5 aliphatic rings. The number of halogens is 9. The normalized spacial score (nSPS) is 13.8. The van der Waals surface area contributed by atoms with Crippen LogP contribution in [0.3, 0.4) is 0 Å². The number of piperidine rings is 1. The Morgan fingerprint density at radius 1 is 0.306 bits per heavy atom. The van der Waals surface area contributed by atoms with E-state index in [2.05, 4.69) is 72.4 Å². The third-order valence-corrected chi connectivity index (χ3v) is 22.3. The van der Waals surface area contributed by atoms with Gasteiger partial charge < -0.3 is 125 Å². The number of rotatable bonds is 45. The Bertz CT molecular complexity index is 4460. The lowest BCUT2D eigenvalue weighted by Crippen LogP contribution is -2.42. The Morgan fingerprint density at radius 3 is 0.785 bits per heavy atom. The number of hydrogen-bond donors (Lipinski definition) is 13. The van der Waals surface area contributed by atoms with E-state index < -0.39 is 48.7 Å². The number of nitrogens with one attached hydrogen (secondary N) is 9. The fourth-order valence-corrected chi connectivity index (χ4v) is 14.5. The molecule has 804 valence electrons. The molecule has 5 fully saturated rings. The van der Waals surface area contributed by atoms with E-state index in [4.69, 9.17) is 115 Å². The number of isocyanates is 1. The van der Waals surface area contributed by atoms with E-state index in [1.54, 1.807) is 84.9 Å². The molecule has 0 aromatic heterocycles. The fourth-order valence-electron chi connectivity index (χ4n) is 14.0. The number of phenols is 4. The topological polar surface area (TPSA) is 479 Å². The van der Waals surface area contributed by atoms with Crippen LogP contribution in [0, 0.1) is 0 Å².